The van der Waals surface area contributed by atoms with Gasteiger partial charge < -0.3 is 10.2 Å². The minimum absolute atomic E-state index is 1.06. The number of hydrogen-bond donors (Lipinski definition) is 1. The molecule has 0 aliphatic carbocycles. The first-order chi connectivity index (χ1) is 17.8. The van der Waals surface area contributed by atoms with Crippen LogP contribution < -0.4 is 10.2 Å². The molecule has 1 N–H and O–H groups in total. The Hall–Kier alpha value is -4.82. The van der Waals surface area contributed by atoms with E-state index in [9.17, 15) is 0 Å². The van der Waals surface area contributed by atoms with Gasteiger partial charge in [0.15, 0.2) is 0 Å². The number of nitrogens with zero attached hydrogens (tertiary/aromatic N) is 1. The molecule has 0 bridgehead atoms. The molecule has 1 aliphatic rings. The maximum absolute atomic E-state index is 3.63. The molecule has 2 nitrogen and oxygen atoms in total. The van der Waals surface area contributed by atoms with Gasteiger partial charge in [-0.1, -0.05) is 97.1 Å². The highest BCUT2D eigenvalue weighted by atomic mass is 15.2. The lowest BCUT2D eigenvalue weighted by atomic mass is 9.90. The Bertz CT molecular complexity index is 1680. The average Bonchev–Trinajstić information content (AvgIpc) is 2.95. The summed E-state index contributed by atoms with van der Waals surface area (Å²) in [7, 11) is 0. The Morgan fingerprint density at radius 2 is 1.11 bits per heavy atom. The molecule has 0 fully saturated rings. The molecule has 0 aromatic heterocycles. The van der Waals surface area contributed by atoms with Gasteiger partial charge in [0.1, 0.15) is 0 Å². The molecular weight excluding hydrogens is 436 g/mol. The van der Waals surface area contributed by atoms with Crippen molar-refractivity contribution in [3.63, 3.8) is 0 Å². The maximum Gasteiger partial charge on any atom is 0.0561 e. The molecule has 7 rings (SSSR count). The Morgan fingerprint density at radius 1 is 0.444 bits per heavy atom. The van der Waals surface area contributed by atoms with Crippen molar-refractivity contribution in [3.05, 3.63) is 140 Å². The fourth-order valence-corrected chi connectivity index (χ4v) is 5.28. The largest absolute Gasteiger partial charge is 0.355 e. The highest BCUT2D eigenvalue weighted by molar-refractivity contribution is 6.14. The zero-order chi connectivity index (χ0) is 23.9. The van der Waals surface area contributed by atoms with Crippen molar-refractivity contribution < 1.29 is 0 Å². The Labute approximate surface area is 211 Å². The molecule has 170 valence electrons. The van der Waals surface area contributed by atoms with Gasteiger partial charge in [-0.05, 0) is 64.5 Å². The molecule has 1 heterocycles. The summed E-state index contributed by atoms with van der Waals surface area (Å²) >= 11 is 0. The van der Waals surface area contributed by atoms with E-state index in [1.165, 1.54) is 44.4 Å². The van der Waals surface area contributed by atoms with Crippen molar-refractivity contribution in [1.29, 1.82) is 0 Å². The van der Waals surface area contributed by atoms with Gasteiger partial charge in [-0.2, -0.15) is 0 Å². The summed E-state index contributed by atoms with van der Waals surface area (Å²) in [6.07, 6.45) is 0. The standard InChI is InChI=1S/C34H24N2/c1-3-9-24(10-4-1)25-17-19-27(20-18-25)35-28-21-22-30-31-15-7-11-26-12-8-16-32(34(26)31)36(33(30)23-28)29-13-5-2-6-14-29/h1-23,35H. The molecule has 1 aliphatic heterocycles. The van der Waals surface area contributed by atoms with E-state index in [1.54, 1.807) is 0 Å². The predicted octanol–water partition coefficient (Wildman–Crippen LogP) is 9.70. The van der Waals surface area contributed by atoms with Crippen molar-refractivity contribution in [2.75, 3.05) is 10.2 Å². The number of fused-ring (bicyclic) bond motifs is 2. The fraction of sp³-hybridized carbons (Fsp3) is 0. The Kier molecular flexibility index (Phi) is 4.82. The van der Waals surface area contributed by atoms with Crippen LogP contribution in [0.4, 0.5) is 28.4 Å². The molecule has 2 heteroatoms. The van der Waals surface area contributed by atoms with Crippen molar-refractivity contribution in [2.45, 2.75) is 0 Å². The van der Waals surface area contributed by atoms with Gasteiger partial charge in [-0.3, -0.25) is 0 Å². The van der Waals surface area contributed by atoms with Crippen molar-refractivity contribution in [2.24, 2.45) is 0 Å². The van der Waals surface area contributed by atoms with E-state index < -0.39 is 0 Å². The van der Waals surface area contributed by atoms with Gasteiger partial charge >= 0.3 is 0 Å². The molecule has 0 spiro atoms. The first kappa shape index (κ1) is 20.5. The molecule has 36 heavy (non-hydrogen) atoms. The third-order valence-corrected chi connectivity index (χ3v) is 6.95. The van der Waals surface area contributed by atoms with Crippen LogP contribution in [0.2, 0.25) is 0 Å². The second-order valence-electron chi connectivity index (χ2n) is 9.15. The van der Waals surface area contributed by atoms with Gasteiger partial charge in [-0.25, -0.2) is 0 Å². The second-order valence-corrected chi connectivity index (χ2v) is 9.15. The smallest absolute Gasteiger partial charge is 0.0561 e. The SMILES string of the molecule is c1ccc(-c2ccc(Nc3ccc4c(c3)N(c3ccccc3)c3cccc5cccc-4c35)cc2)cc1. The van der Waals surface area contributed by atoms with E-state index in [0.717, 1.165) is 17.1 Å². The number of benzene rings is 6. The summed E-state index contributed by atoms with van der Waals surface area (Å²) in [5.74, 6) is 0. The van der Waals surface area contributed by atoms with Gasteiger partial charge in [0.2, 0.25) is 0 Å². The highest BCUT2D eigenvalue weighted by Crippen LogP contribution is 2.51. The monoisotopic (exact) mass is 460 g/mol. The Morgan fingerprint density at radius 3 is 1.89 bits per heavy atom. The zero-order valence-corrected chi connectivity index (χ0v) is 19.7. The first-order valence-electron chi connectivity index (χ1n) is 12.3. The van der Waals surface area contributed by atoms with Gasteiger partial charge in [0, 0.05) is 28.0 Å². The molecule has 0 saturated carbocycles. The van der Waals surface area contributed by atoms with E-state index in [0.29, 0.717) is 0 Å². The minimum atomic E-state index is 1.06. The summed E-state index contributed by atoms with van der Waals surface area (Å²) < 4.78 is 0. The molecule has 0 saturated heterocycles. The van der Waals surface area contributed by atoms with E-state index in [-0.39, 0.29) is 0 Å². The summed E-state index contributed by atoms with van der Waals surface area (Å²) in [6.45, 7) is 0. The fourth-order valence-electron chi connectivity index (χ4n) is 5.28. The van der Waals surface area contributed by atoms with Gasteiger partial charge in [0.25, 0.3) is 0 Å². The predicted molar refractivity (Wildman–Crippen MR) is 153 cm³/mol. The van der Waals surface area contributed by atoms with E-state index in [4.69, 9.17) is 0 Å². The van der Waals surface area contributed by atoms with Crippen LogP contribution in [0.15, 0.2) is 140 Å². The van der Waals surface area contributed by atoms with E-state index in [1.807, 2.05) is 6.07 Å². The van der Waals surface area contributed by atoms with Crippen molar-refractivity contribution in [1.82, 2.24) is 0 Å². The summed E-state index contributed by atoms with van der Waals surface area (Å²) in [5.41, 5.74) is 10.6. The van der Waals surface area contributed by atoms with Crippen LogP contribution in [-0.2, 0) is 0 Å². The van der Waals surface area contributed by atoms with Gasteiger partial charge in [0.05, 0.1) is 11.4 Å². The second kappa shape index (κ2) is 8.44. The third kappa shape index (κ3) is 3.43. The van der Waals surface area contributed by atoms with Gasteiger partial charge in [-0.15, -0.1) is 0 Å². The average molecular weight is 461 g/mol. The van der Waals surface area contributed by atoms with Crippen LogP contribution in [0.3, 0.4) is 0 Å². The highest BCUT2D eigenvalue weighted by Gasteiger charge is 2.25. The molecule has 0 radical (unpaired) electrons. The summed E-state index contributed by atoms with van der Waals surface area (Å²) in [6, 6.07) is 49.6. The number of para-hydroxylation sites is 1. The van der Waals surface area contributed by atoms with Crippen LogP contribution in [0.1, 0.15) is 0 Å². The maximum atomic E-state index is 3.63. The Balaban J connectivity index is 1.32. The molecule has 6 aromatic carbocycles. The lowest BCUT2D eigenvalue weighted by Crippen LogP contribution is -2.15. The summed E-state index contributed by atoms with van der Waals surface area (Å²) in [4.78, 5) is 2.38. The zero-order valence-electron chi connectivity index (χ0n) is 19.7. The van der Waals surface area contributed by atoms with Crippen LogP contribution in [-0.4, -0.2) is 0 Å². The quantitative estimate of drug-likeness (QED) is 0.281. The lowest BCUT2D eigenvalue weighted by molar-refractivity contribution is 1.28. The van der Waals surface area contributed by atoms with E-state index in [2.05, 4.69) is 144 Å². The van der Waals surface area contributed by atoms with Crippen LogP contribution in [0.5, 0.6) is 0 Å². The van der Waals surface area contributed by atoms with Crippen LogP contribution >= 0.6 is 0 Å². The number of nitrogens with one attached hydrogen (secondary N) is 1. The first-order valence-corrected chi connectivity index (χ1v) is 12.3. The van der Waals surface area contributed by atoms with Crippen LogP contribution in [0, 0.1) is 0 Å². The number of rotatable bonds is 4. The molecule has 0 unspecified atom stereocenters. The normalized spacial score (nSPS) is 11.8. The van der Waals surface area contributed by atoms with Crippen molar-refractivity contribution in [3.8, 4) is 22.3 Å². The molecular formula is C34H24N2. The number of hydrogen-bond acceptors (Lipinski definition) is 2. The number of anilines is 5. The lowest BCUT2D eigenvalue weighted by Gasteiger charge is -2.34. The van der Waals surface area contributed by atoms with E-state index >= 15 is 0 Å². The minimum Gasteiger partial charge on any atom is -0.355 e. The van der Waals surface area contributed by atoms with Crippen molar-refractivity contribution >= 4 is 39.2 Å². The topological polar surface area (TPSA) is 15.3 Å². The third-order valence-electron chi connectivity index (χ3n) is 6.95. The molecule has 0 amide bonds. The molecule has 6 aromatic rings. The molecule has 0 atom stereocenters. The van der Waals surface area contributed by atoms with Crippen LogP contribution in [0.25, 0.3) is 33.0 Å². The summed E-state index contributed by atoms with van der Waals surface area (Å²) in [5, 5.41) is 6.19.